The van der Waals surface area contributed by atoms with Crippen molar-refractivity contribution in [2.75, 3.05) is 23.3 Å². The van der Waals surface area contributed by atoms with Crippen LogP contribution in [0, 0.1) is 25.6 Å². The Balaban J connectivity index is 1.32. The topological polar surface area (TPSA) is 62.5 Å². The first kappa shape index (κ1) is 22.3. The van der Waals surface area contributed by atoms with Crippen molar-refractivity contribution < 1.29 is 9.18 Å². The molecular weight excluding hydrogens is 453 g/mol. The Bertz CT molecular complexity index is 1360. The van der Waals surface area contributed by atoms with Crippen LogP contribution in [0.3, 0.4) is 0 Å². The summed E-state index contributed by atoms with van der Waals surface area (Å²) in [4.78, 5) is 19.7. The lowest BCUT2D eigenvalue weighted by molar-refractivity contribution is -0.120. The number of hydrogen-bond donors (Lipinski definition) is 1. The number of halogens is 2. The number of carbonyl (C=O) groups is 1. The SMILES string of the molecule is Cc1cc(N2CCC(C(=O)Nc3ccc(C)c(Cl)c3)CC2)n2nc(-c3ccc(F)cc3)cc2n1. The third-order valence-electron chi connectivity index (χ3n) is 6.31. The molecule has 5 rings (SSSR count). The van der Waals surface area contributed by atoms with Gasteiger partial charge in [-0.25, -0.2) is 9.37 Å². The molecule has 1 aliphatic heterocycles. The Labute approximate surface area is 202 Å². The highest BCUT2D eigenvalue weighted by molar-refractivity contribution is 6.31. The largest absolute Gasteiger partial charge is 0.356 e. The maximum Gasteiger partial charge on any atom is 0.227 e. The highest BCUT2D eigenvalue weighted by Crippen LogP contribution is 2.28. The highest BCUT2D eigenvalue weighted by Gasteiger charge is 2.27. The molecule has 34 heavy (non-hydrogen) atoms. The van der Waals surface area contributed by atoms with Crippen LogP contribution < -0.4 is 10.2 Å². The van der Waals surface area contributed by atoms with Gasteiger partial charge in [-0.1, -0.05) is 17.7 Å². The number of amides is 1. The molecule has 1 saturated heterocycles. The number of fused-ring (bicyclic) bond motifs is 1. The van der Waals surface area contributed by atoms with Crippen molar-refractivity contribution >= 4 is 34.7 Å². The zero-order valence-electron chi connectivity index (χ0n) is 19.1. The summed E-state index contributed by atoms with van der Waals surface area (Å²) in [6.45, 7) is 5.36. The van der Waals surface area contributed by atoms with Crippen LogP contribution in [0.1, 0.15) is 24.1 Å². The Morgan fingerprint density at radius 1 is 1.06 bits per heavy atom. The lowest BCUT2D eigenvalue weighted by Crippen LogP contribution is -2.39. The molecule has 0 atom stereocenters. The van der Waals surface area contributed by atoms with Crippen molar-refractivity contribution in [3.63, 3.8) is 0 Å². The fourth-order valence-corrected chi connectivity index (χ4v) is 4.53. The van der Waals surface area contributed by atoms with Crippen molar-refractivity contribution in [3.8, 4) is 11.3 Å². The Kier molecular flexibility index (Phi) is 5.96. The van der Waals surface area contributed by atoms with E-state index in [0.29, 0.717) is 5.02 Å². The first-order valence-corrected chi connectivity index (χ1v) is 11.7. The molecule has 0 saturated carbocycles. The number of nitrogens with zero attached hydrogens (tertiary/aromatic N) is 4. The fourth-order valence-electron chi connectivity index (χ4n) is 4.35. The van der Waals surface area contributed by atoms with Gasteiger partial charge in [-0.15, -0.1) is 0 Å². The molecule has 0 bridgehead atoms. The van der Waals surface area contributed by atoms with Crippen molar-refractivity contribution in [1.82, 2.24) is 14.6 Å². The quantitative estimate of drug-likeness (QED) is 0.412. The summed E-state index contributed by atoms with van der Waals surface area (Å²) in [6.07, 6.45) is 1.47. The molecular formula is C26H25ClFN5O. The fraction of sp³-hybridized carbons (Fsp3) is 0.269. The van der Waals surface area contributed by atoms with Gasteiger partial charge in [-0.05, 0) is 68.7 Å². The number of benzene rings is 2. The van der Waals surface area contributed by atoms with Crippen LogP contribution in [0.4, 0.5) is 15.9 Å². The minimum atomic E-state index is -0.278. The van der Waals surface area contributed by atoms with Gasteiger partial charge < -0.3 is 10.2 Å². The number of piperidine rings is 1. The van der Waals surface area contributed by atoms with E-state index in [-0.39, 0.29) is 17.6 Å². The van der Waals surface area contributed by atoms with Gasteiger partial charge in [-0.3, -0.25) is 4.79 Å². The standard InChI is InChI=1S/C26H25ClFN5O/c1-16-3-8-21(14-22(16)27)30-26(34)19-9-11-32(12-10-19)25-13-17(2)29-24-15-23(31-33(24)25)18-4-6-20(28)7-5-18/h3-8,13-15,19H,9-12H2,1-2H3,(H,30,34). The summed E-state index contributed by atoms with van der Waals surface area (Å²) < 4.78 is 15.2. The second kappa shape index (κ2) is 9.06. The molecule has 0 aliphatic carbocycles. The zero-order valence-corrected chi connectivity index (χ0v) is 19.8. The predicted octanol–water partition coefficient (Wildman–Crippen LogP) is 5.66. The van der Waals surface area contributed by atoms with Crippen molar-refractivity contribution in [2.45, 2.75) is 26.7 Å². The summed E-state index contributed by atoms with van der Waals surface area (Å²) in [6, 6.07) is 15.8. The molecule has 2 aromatic carbocycles. The predicted molar refractivity (Wildman–Crippen MR) is 133 cm³/mol. The van der Waals surface area contributed by atoms with Crippen LogP contribution in [-0.2, 0) is 4.79 Å². The van der Waals surface area contributed by atoms with Gasteiger partial charge in [0.1, 0.15) is 11.6 Å². The average Bonchev–Trinajstić information content (AvgIpc) is 3.25. The number of aryl methyl sites for hydroxylation is 2. The van der Waals surface area contributed by atoms with E-state index in [9.17, 15) is 9.18 Å². The summed E-state index contributed by atoms with van der Waals surface area (Å²) in [5.74, 6) is 0.620. The third kappa shape index (κ3) is 4.48. The van der Waals surface area contributed by atoms with E-state index in [1.807, 2.05) is 42.6 Å². The van der Waals surface area contributed by atoms with Gasteiger partial charge in [-0.2, -0.15) is 9.61 Å². The van der Waals surface area contributed by atoms with E-state index in [1.54, 1.807) is 18.2 Å². The van der Waals surface area contributed by atoms with Crippen LogP contribution >= 0.6 is 11.6 Å². The lowest BCUT2D eigenvalue weighted by atomic mass is 9.95. The number of anilines is 2. The molecule has 0 radical (unpaired) electrons. The maximum absolute atomic E-state index is 13.3. The van der Waals surface area contributed by atoms with Gasteiger partial charge in [0.05, 0.1) is 5.69 Å². The normalized spacial score (nSPS) is 14.5. The van der Waals surface area contributed by atoms with Crippen LogP contribution in [0.2, 0.25) is 5.02 Å². The number of aromatic nitrogens is 3. The van der Waals surface area contributed by atoms with Gasteiger partial charge in [0.2, 0.25) is 5.91 Å². The summed E-state index contributed by atoms with van der Waals surface area (Å²) in [5, 5.41) is 8.40. The average molecular weight is 478 g/mol. The van der Waals surface area contributed by atoms with E-state index in [1.165, 1.54) is 12.1 Å². The third-order valence-corrected chi connectivity index (χ3v) is 6.71. The molecule has 0 unspecified atom stereocenters. The molecule has 3 heterocycles. The first-order chi connectivity index (χ1) is 16.4. The smallest absolute Gasteiger partial charge is 0.227 e. The van der Waals surface area contributed by atoms with Crippen LogP contribution in [0.5, 0.6) is 0 Å². The Hall–Kier alpha value is -3.45. The maximum atomic E-state index is 13.3. The van der Waals surface area contributed by atoms with Crippen LogP contribution in [0.25, 0.3) is 16.9 Å². The Morgan fingerprint density at radius 2 is 1.79 bits per heavy atom. The minimum absolute atomic E-state index is 0.0216. The van der Waals surface area contributed by atoms with Crippen molar-refractivity contribution in [1.29, 1.82) is 0 Å². The molecule has 8 heteroatoms. The number of rotatable bonds is 4. The second-order valence-electron chi connectivity index (χ2n) is 8.78. The van der Waals surface area contributed by atoms with Crippen LogP contribution in [0.15, 0.2) is 54.6 Å². The summed E-state index contributed by atoms with van der Waals surface area (Å²) >= 11 is 6.19. The Morgan fingerprint density at radius 3 is 2.50 bits per heavy atom. The van der Waals surface area contributed by atoms with Gasteiger partial charge >= 0.3 is 0 Å². The molecule has 4 aromatic rings. The molecule has 6 nitrogen and oxygen atoms in total. The molecule has 0 spiro atoms. The van der Waals surface area contributed by atoms with Crippen molar-refractivity contribution in [3.05, 3.63) is 76.7 Å². The van der Waals surface area contributed by atoms with E-state index >= 15 is 0 Å². The molecule has 2 aromatic heterocycles. The number of hydrogen-bond acceptors (Lipinski definition) is 4. The lowest BCUT2D eigenvalue weighted by Gasteiger charge is -2.33. The monoisotopic (exact) mass is 477 g/mol. The van der Waals surface area contributed by atoms with E-state index in [0.717, 1.165) is 65.6 Å². The van der Waals surface area contributed by atoms with Gasteiger partial charge in [0, 0.05) is 53.1 Å². The first-order valence-electron chi connectivity index (χ1n) is 11.3. The molecule has 1 N–H and O–H groups in total. The molecule has 1 aliphatic rings. The second-order valence-corrected chi connectivity index (χ2v) is 9.18. The molecule has 1 amide bonds. The van der Waals surface area contributed by atoms with Gasteiger partial charge in [0.25, 0.3) is 0 Å². The minimum Gasteiger partial charge on any atom is -0.356 e. The molecule has 1 fully saturated rings. The molecule has 174 valence electrons. The van der Waals surface area contributed by atoms with E-state index in [2.05, 4.69) is 15.2 Å². The van der Waals surface area contributed by atoms with Gasteiger partial charge in [0.15, 0.2) is 5.65 Å². The number of carbonyl (C=O) groups excluding carboxylic acids is 1. The zero-order chi connectivity index (χ0) is 23.8. The summed E-state index contributed by atoms with van der Waals surface area (Å²) in [7, 11) is 0. The highest BCUT2D eigenvalue weighted by atomic mass is 35.5. The number of nitrogens with one attached hydrogen (secondary N) is 1. The van der Waals surface area contributed by atoms with E-state index < -0.39 is 0 Å². The van der Waals surface area contributed by atoms with Crippen LogP contribution in [-0.4, -0.2) is 33.6 Å². The summed E-state index contributed by atoms with van der Waals surface area (Å²) in [5.41, 5.74) is 4.91. The van der Waals surface area contributed by atoms with E-state index in [4.69, 9.17) is 16.7 Å². The van der Waals surface area contributed by atoms with Crippen molar-refractivity contribution in [2.24, 2.45) is 5.92 Å².